The molecule has 32 heavy (non-hydrogen) atoms. The number of allylic oxidation sites excluding steroid dienone is 4. The quantitative estimate of drug-likeness (QED) is 0.785. The van der Waals surface area contributed by atoms with E-state index in [0.29, 0.717) is 31.4 Å². The highest BCUT2D eigenvalue weighted by atomic mass is 16.5. The zero-order valence-corrected chi connectivity index (χ0v) is 18.1. The predicted molar refractivity (Wildman–Crippen MR) is 122 cm³/mol. The van der Waals surface area contributed by atoms with E-state index < -0.39 is 0 Å². The van der Waals surface area contributed by atoms with Crippen LogP contribution < -0.4 is 5.73 Å². The topological polar surface area (TPSA) is 82.3 Å². The smallest absolute Gasteiger partial charge is 0.166 e. The summed E-state index contributed by atoms with van der Waals surface area (Å²) in [6.07, 6.45) is 11.3. The summed E-state index contributed by atoms with van der Waals surface area (Å²) >= 11 is 0. The molecule has 0 amide bonds. The lowest BCUT2D eigenvalue weighted by atomic mass is 9.64. The van der Waals surface area contributed by atoms with Crippen LogP contribution in [-0.2, 0) is 14.3 Å². The fourth-order valence-electron chi connectivity index (χ4n) is 6.29. The minimum Gasteiger partial charge on any atom is -0.489 e. The van der Waals surface area contributed by atoms with Crippen LogP contribution in [0.1, 0.15) is 37.7 Å². The molecular formula is C27H26N2O3. The van der Waals surface area contributed by atoms with E-state index >= 15 is 0 Å². The number of hydrogen-bond donors (Lipinski definition) is 1. The molecule has 6 rings (SSSR count). The number of rotatable bonds is 2. The Bertz CT molecular complexity index is 1250. The van der Waals surface area contributed by atoms with E-state index in [0.717, 1.165) is 27.7 Å². The van der Waals surface area contributed by atoms with Crippen molar-refractivity contribution in [2.75, 3.05) is 6.54 Å². The number of carbonyl (C=O) groups is 2. The van der Waals surface area contributed by atoms with Gasteiger partial charge in [0.25, 0.3) is 0 Å². The molecule has 5 heteroatoms. The maximum atomic E-state index is 13.5. The van der Waals surface area contributed by atoms with Gasteiger partial charge in [0.1, 0.15) is 17.6 Å². The number of nitrogens with zero attached hydrogens (tertiary/aromatic N) is 1. The average molecular weight is 427 g/mol. The molecule has 1 unspecified atom stereocenters. The summed E-state index contributed by atoms with van der Waals surface area (Å²) in [5, 5.41) is 2.12. The second-order valence-corrected chi connectivity index (χ2v) is 9.81. The molecular weight excluding hydrogens is 400 g/mol. The van der Waals surface area contributed by atoms with Crippen molar-refractivity contribution in [1.29, 1.82) is 0 Å². The Morgan fingerprint density at radius 2 is 2.06 bits per heavy atom. The third-order valence-corrected chi connectivity index (χ3v) is 7.98. The minimum absolute atomic E-state index is 0.0238. The maximum Gasteiger partial charge on any atom is 0.166 e. The number of fused-ring (bicyclic) bond motifs is 4. The Labute approximate surface area is 187 Å². The van der Waals surface area contributed by atoms with E-state index in [-0.39, 0.29) is 40.8 Å². The molecule has 2 N–H and O–H groups in total. The van der Waals surface area contributed by atoms with E-state index in [4.69, 9.17) is 10.5 Å². The van der Waals surface area contributed by atoms with Crippen molar-refractivity contribution in [3.63, 3.8) is 0 Å². The van der Waals surface area contributed by atoms with Crippen LogP contribution in [0.25, 0.3) is 10.8 Å². The predicted octanol–water partition coefficient (Wildman–Crippen LogP) is 4.00. The Balaban J connectivity index is 1.42. The molecule has 2 aromatic rings. The first-order valence-electron chi connectivity index (χ1n) is 11.4. The van der Waals surface area contributed by atoms with Gasteiger partial charge in [-0.05, 0) is 41.1 Å². The second-order valence-electron chi connectivity index (χ2n) is 9.81. The maximum absolute atomic E-state index is 13.5. The molecule has 1 aromatic heterocycles. The van der Waals surface area contributed by atoms with Crippen LogP contribution in [-0.4, -0.2) is 29.2 Å². The van der Waals surface area contributed by atoms with E-state index in [9.17, 15) is 9.59 Å². The monoisotopic (exact) mass is 426 g/mol. The molecule has 0 bridgehead atoms. The summed E-state index contributed by atoms with van der Waals surface area (Å²) in [5.74, 6) is 1.03. The Morgan fingerprint density at radius 3 is 2.91 bits per heavy atom. The Hall–Kier alpha value is -3.05. The molecule has 1 saturated carbocycles. The van der Waals surface area contributed by atoms with Gasteiger partial charge < -0.3 is 10.5 Å². The van der Waals surface area contributed by atoms with Gasteiger partial charge >= 0.3 is 0 Å². The van der Waals surface area contributed by atoms with Crippen LogP contribution >= 0.6 is 0 Å². The van der Waals surface area contributed by atoms with E-state index in [1.54, 1.807) is 6.20 Å². The number of benzene rings is 1. The summed E-state index contributed by atoms with van der Waals surface area (Å²) in [7, 11) is 0. The summed E-state index contributed by atoms with van der Waals surface area (Å²) in [4.78, 5) is 30.4. The highest BCUT2D eigenvalue weighted by Crippen LogP contribution is 2.58. The minimum atomic E-state index is -0.360. The van der Waals surface area contributed by atoms with Crippen molar-refractivity contribution in [2.45, 2.75) is 38.2 Å². The number of nitrogens with two attached hydrogens (primary N) is 1. The van der Waals surface area contributed by atoms with Gasteiger partial charge in [0, 0.05) is 48.4 Å². The zero-order chi connectivity index (χ0) is 22.0. The third kappa shape index (κ3) is 2.70. The van der Waals surface area contributed by atoms with E-state index in [2.05, 4.69) is 30.1 Å². The van der Waals surface area contributed by atoms with E-state index in [1.807, 2.05) is 30.5 Å². The first-order chi connectivity index (χ1) is 15.5. The lowest BCUT2D eigenvalue weighted by Gasteiger charge is -2.44. The van der Waals surface area contributed by atoms with Crippen LogP contribution in [0.4, 0.5) is 0 Å². The molecule has 1 aromatic carbocycles. The van der Waals surface area contributed by atoms with Crippen LogP contribution in [0, 0.1) is 17.3 Å². The number of aromatic nitrogens is 1. The second kappa shape index (κ2) is 6.97. The summed E-state index contributed by atoms with van der Waals surface area (Å²) in [5.41, 5.74) is 8.26. The normalized spacial score (nSPS) is 33.5. The molecule has 2 heterocycles. The van der Waals surface area contributed by atoms with Crippen molar-refractivity contribution < 1.29 is 14.3 Å². The molecule has 1 aliphatic heterocycles. The highest BCUT2D eigenvalue weighted by Gasteiger charge is 2.57. The summed E-state index contributed by atoms with van der Waals surface area (Å²) in [6, 6.07) is 8.12. The van der Waals surface area contributed by atoms with Gasteiger partial charge in [0.15, 0.2) is 5.78 Å². The Kier molecular flexibility index (Phi) is 4.28. The number of carbonyl (C=O) groups excluding carboxylic acids is 2. The highest BCUT2D eigenvalue weighted by molar-refractivity contribution is 6.00. The zero-order valence-electron chi connectivity index (χ0n) is 18.1. The number of hydrogen-bond acceptors (Lipinski definition) is 5. The number of pyridine rings is 1. The van der Waals surface area contributed by atoms with Crippen LogP contribution in [0.2, 0.25) is 0 Å². The summed E-state index contributed by atoms with van der Waals surface area (Å²) < 4.78 is 6.52. The number of ether oxygens (including phenoxy) is 1. The fourth-order valence-corrected chi connectivity index (χ4v) is 6.29. The van der Waals surface area contributed by atoms with Gasteiger partial charge in [-0.25, -0.2) is 0 Å². The average Bonchev–Trinajstić information content (AvgIpc) is 3.08. The van der Waals surface area contributed by atoms with Gasteiger partial charge in [-0.1, -0.05) is 37.3 Å². The van der Waals surface area contributed by atoms with Crippen LogP contribution in [0.5, 0.6) is 0 Å². The molecule has 5 atom stereocenters. The first-order valence-corrected chi connectivity index (χ1v) is 11.4. The molecule has 0 spiro atoms. The van der Waals surface area contributed by atoms with Crippen LogP contribution in [0.15, 0.2) is 71.8 Å². The van der Waals surface area contributed by atoms with Crippen molar-refractivity contribution in [1.82, 2.24) is 4.98 Å². The third-order valence-electron chi connectivity index (χ3n) is 7.98. The number of Topliss-reactive ketones (excluding diaryl/α,β-unsaturated/α-hetero) is 2. The lowest BCUT2D eigenvalue weighted by Crippen LogP contribution is -2.41. The van der Waals surface area contributed by atoms with Crippen LogP contribution in [0.3, 0.4) is 0 Å². The van der Waals surface area contributed by atoms with Crippen molar-refractivity contribution >= 4 is 22.3 Å². The van der Waals surface area contributed by atoms with Crippen molar-refractivity contribution in [3.8, 4) is 0 Å². The molecule has 1 fully saturated rings. The van der Waals surface area contributed by atoms with Gasteiger partial charge in [0.05, 0.1) is 11.5 Å². The fraction of sp³-hybridized carbons (Fsp3) is 0.370. The SMILES string of the molecule is C[C@]12C=CC3=CC4=C(CC(CN)CC4=O)O[C@H]3[C@@H]1CC(=O)[C@@H]2c1cccc2cnccc12. The summed E-state index contributed by atoms with van der Waals surface area (Å²) in [6.45, 7) is 2.66. The van der Waals surface area contributed by atoms with Gasteiger partial charge in [-0.2, -0.15) is 0 Å². The van der Waals surface area contributed by atoms with Gasteiger partial charge in [0.2, 0.25) is 0 Å². The largest absolute Gasteiger partial charge is 0.489 e. The first kappa shape index (κ1) is 19.6. The number of ketones is 2. The Morgan fingerprint density at radius 1 is 1.19 bits per heavy atom. The molecule has 162 valence electrons. The van der Waals surface area contributed by atoms with Gasteiger partial charge in [-0.15, -0.1) is 0 Å². The van der Waals surface area contributed by atoms with Gasteiger partial charge in [-0.3, -0.25) is 14.6 Å². The molecule has 0 saturated heterocycles. The molecule has 4 aliphatic rings. The lowest BCUT2D eigenvalue weighted by molar-refractivity contribution is -0.119. The molecule has 0 radical (unpaired) electrons. The van der Waals surface area contributed by atoms with Crippen molar-refractivity contribution in [3.05, 3.63) is 77.4 Å². The molecule has 5 nitrogen and oxygen atoms in total. The standard InChI is InChI=1S/C27H26N2O3/c1-27-7-5-16-11-20-22(30)9-15(13-28)10-24(20)32-26(16)21(27)12-23(31)25(27)19-4-2-3-17-14-29-8-6-18(17)19/h2-8,11,14-15,21,25-26H,9-10,12-13,28H2,1H3/t15?,21-,25-,26+,27-/m0/s1. The molecule has 3 aliphatic carbocycles. The van der Waals surface area contributed by atoms with E-state index in [1.165, 1.54) is 0 Å². The van der Waals surface area contributed by atoms with Crippen molar-refractivity contribution in [2.24, 2.45) is 23.0 Å².